The molecule has 2 unspecified atom stereocenters. The van der Waals surface area contributed by atoms with E-state index in [1.807, 2.05) is 18.5 Å². The first-order valence-corrected chi connectivity index (χ1v) is 6.14. The van der Waals surface area contributed by atoms with E-state index >= 15 is 0 Å². The molecular formula is C13H21N3. The van der Waals surface area contributed by atoms with Gasteiger partial charge in [-0.1, -0.05) is 13.0 Å². The van der Waals surface area contributed by atoms with E-state index in [1.165, 1.54) is 24.9 Å². The Kier molecular flexibility index (Phi) is 3.91. The highest BCUT2D eigenvalue weighted by atomic mass is 15.2. The average molecular weight is 219 g/mol. The number of pyridine rings is 1. The van der Waals surface area contributed by atoms with Gasteiger partial charge in [0.1, 0.15) is 0 Å². The van der Waals surface area contributed by atoms with Gasteiger partial charge in [0, 0.05) is 31.5 Å². The molecule has 0 saturated carbocycles. The molecule has 0 radical (unpaired) electrons. The summed E-state index contributed by atoms with van der Waals surface area (Å²) >= 11 is 0. The summed E-state index contributed by atoms with van der Waals surface area (Å²) in [5.41, 5.74) is 7.17. The number of hydrogen-bond donors (Lipinski definition) is 1. The first kappa shape index (κ1) is 11.6. The Morgan fingerprint density at radius 3 is 3.12 bits per heavy atom. The third-order valence-electron chi connectivity index (χ3n) is 3.58. The normalized spacial score (nSPS) is 26.9. The van der Waals surface area contributed by atoms with Crippen molar-refractivity contribution < 1.29 is 0 Å². The van der Waals surface area contributed by atoms with Crippen LogP contribution in [-0.4, -0.2) is 29.0 Å². The molecule has 1 aliphatic rings. The van der Waals surface area contributed by atoms with Crippen LogP contribution < -0.4 is 5.73 Å². The SMILES string of the molecule is CC1CCCN(Cc2cccnc2)C1CN. The zero-order valence-corrected chi connectivity index (χ0v) is 9.97. The van der Waals surface area contributed by atoms with Gasteiger partial charge in [-0.2, -0.15) is 0 Å². The van der Waals surface area contributed by atoms with Gasteiger partial charge in [-0.25, -0.2) is 0 Å². The number of likely N-dealkylation sites (tertiary alicyclic amines) is 1. The van der Waals surface area contributed by atoms with Crippen molar-refractivity contribution in [2.24, 2.45) is 11.7 Å². The lowest BCUT2D eigenvalue weighted by Crippen LogP contribution is -2.48. The van der Waals surface area contributed by atoms with Gasteiger partial charge in [-0.15, -0.1) is 0 Å². The third-order valence-corrected chi connectivity index (χ3v) is 3.58. The Bertz CT molecular complexity index is 312. The number of nitrogens with zero attached hydrogens (tertiary/aromatic N) is 2. The monoisotopic (exact) mass is 219 g/mol. The van der Waals surface area contributed by atoms with E-state index in [1.54, 1.807) is 0 Å². The molecule has 2 heterocycles. The highest BCUT2D eigenvalue weighted by Crippen LogP contribution is 2.23. The second kappa shape index (κ2) is 5.41. The van der Waals surface area contributed by atoms with Gasteiger partial charge in [0.05, 0.1) is 0 Å². The summed E-state index contributed by atoms with van der Waals surface area (Å²) in [5, 5.41) is 0. The van der Waals surface area contributed by atoms with Crippen LogP contribution in [0.1, 0.15) is 25.3 Å². The maximum atomic E-state index is 5.88. The lowest BCUT2D eigenvalue weighted by molar-refractivity contribution is 0.0990. The van der Waals surface area contributed by atoms with Crippen LogP contribution >= 0.6 is 0 Å². The predicted molar refractivity (Wildman–Crippen MR) is 65.9 cm³/mol. The molecular weight excluding hydrogens is 198 g/mol. The van der Waals surface area contributed by atoms with Crippen LogP contribution in [-0.2, 0) is 6.54 Å². The fourth-order valence-electron chi connectivity index (χ4n) is 2.64. The molecule has 88 valence electrons. The molecule has 16 heavy (non-hydrogen) atoms. The fraction of sp³-hybridized carbons (Fsp3) is 0.615. The summed E-state index contributed by atoms with van der Waals surface area (Å²) in [6, 6.07) is 4.67. The van der Waals surface area contributed by atoms with Crippen LogP contribution in [0.25, 0.3) is 0 Å². The number of nitrogens with two attached hydrogens (primary N) is 1. The largest absolute Gasteiger partial charge is 0.329 e. The highest BCUT2D eigenvalue weighted by Gasteiger charge is 2.26. The minimum absolute atomic E-state index is 0.536. The third kappa shape index (κ3) is 2.60. The summed E-state index contributed by atoms with van der Waals surface area (Å²) in [7, 11) is 0. The van der Waals surface area contributed by atoms with Crippen molar-refractivity contribution in [3.63, 3.8) is 0 Å². The van der Waals surface area contributed by atoms with E-state index in [0.29, 0.717) is 6.04 Å². The van der Waals surface area contributed by atoms with Gasteiger partial charge < -0.3 is 5.73 Å². The predicted octanol–water partition coefficient (Wildman–Crippen LogP) is 1.64. The molecule has 1 saturated heterocycles. The first-order chi connectivity index (χ1) is 7.81. The van der Waals surface area contributed by atoms with E-state index in [0.717, 1.165) is 19.0 Å². The van der Waals surface area contributed by atoms with Crippen LogP contribution in [0.4, 0.5) is 0 Å². The van der Waals surface area contributed by atoms with Gasteiger partial charge >= 0.3 is 0 Å². The van der Waals surface area contributed by atoms with Crippen molar-refractivity contribution in [2.75, 3.05) is 13.1 Å². The molecule has 0 aliphatic carbocycles. The molecule has 1 fully saturated rings. The molecule has 3 heteroatoms. The lowest BCUT2D eigenvalue weighted by Gasteiger charge is -2.39. The Morgan fingerprint density at radius 1 is 1.56 bits per heavy atom. The standard InChI is InChI=1S/C13H21N3/c1-11-4-3-7-16(13(11)8-14)10-12-5-2-6-15-9-12/h2,5-6,9,11,13H,3-4,7-8,10,14H2,1H3. The number of hydrogen-bond acceptors (Lipinski definition) is 3. The van der Waals surface area contributed by atoms with E-state index < -0.39 is 0 Å². The average Bonchev–Trinajstić information content (AvgIpc) is 2.31. The quantitative estimate of drug-likeness (QED) is 0.840. The summed E-state index contributed by atoms with van der Waals surface area (Å²) in [6.07, 6.45) is 6.37. The summed E-state index contributed by atoms with van der Waals surface area (Å²) in [5.74, 6) is 0.718. The smallest absolute Gasteiger partial charge is 0.0312 e. The minimum atomic E-state index is 0.536. The molecule has 2 N–H and O–H groups in total. The summed E-state index contributed by atoms with van der Waals surface area (Å²) < 4.78 is 0. The van der Waals surface area contributed by atoms with Crippen LogP contribution in [0.3, 0.4) is 0 Å². The second-order valence-corrected chi connectivity index (χ2v) is 4.75. The highest BCUT2D eigenvalue weighted by molar-refractivity contribution is 5.08. The lowest BCUT2D eigenvalue weighted by atomic mass is 9.90. The molecule has 0 spiro atoms. The molecule has 0 bridgehead atoms. The molecule has 1 aromatic rings. The first-order valence-electron chi connectivity index (χ1n) is 6.14. The Morgan fingerprint density at radius 2 is 2.44 bits per heavy atom. The minimum Gasteiger partial charge on any atom is -0.329 e. The van der Waals surface area contributed by atoms with Gasteiger partial charge in [0.15, 0.2) is 0 Å². The van der Waals surface area contributed by atoms with Crippen LogP contribution in [0.5, 0.6) is 0 Å². The topological polar surface area (TPSA) is 42.2 Å². The van der Waals surface area contributed by atoms with Crippen molar-refractivity contribution in [2.45, 2.75) is 32.4 Å². The van der Waals surface area contributed by atoms with Gasteiger partial charge in [-0.05, 0) is 36.9 Å². The summed E-state index contributed by atoms with van der Waals surface area (Å²) in [4.78, 5) is 6.67. The fourth-order valence-corrected chi connectivity index (χ4v) is 2.64. The van der Waals surface area contributed by atoms with E-state index in [9.17, 15) is 0 Å². The maximum absolute atomic E-state index is 5.88. The van der Waals surface area contributed by atoms with E-state index in [4.69, 9.17) is 5.73 Å². The Labute approximate surface area is 97.7 Å². The van der Waals surface area contributed by atoms with Gasteiger partial charge in [-0.3, -0.25) is 9.88 Å². The molecule has 1 aromatic heterocycles. The van der Waals surface area contributed by atoms with E-state index in [-0.39, 0.29) is 0 Å². The Hall–Kier alpha value is -0.930. The van der Waals surface area contributed by atoms with E-state index in [2.05, 4.69) is 22.9 Å². The maximum Gasteiger partial charge on any atom is 0.0312 e. The van der Waals surface area contributed by atoms with Gasteiger partial charge in [0.2, 0.25) is 0 Å². The number of rotatable bonds is 3. The summed E-state index contributed by atoms with van der Waals surface area (Å²) in [6.45, 7) is 5.23. The molecule has 0 amide bonds. The van der Waals surface area contributed by atoms with Crippen molar-refractivity contribution in [3.05, 3.63) is 30.1 Å². The van der Waals surface area contributed by atoms with Crippen molar-refractivity contribution >= 4 is 0 Å². The Balaban J connectivity index is 2.02. The zero-order chi connectivity index (χ0) is 11.4. The van der Waals surface area contributed by atoms with Crippen molar-refractivity contribution in [3.8, 4) is 0 Å². The van der Waals surface area contributed by atoms with Gasteiger partial charge in [0.25, 0.3) is 0 Å². The zero-order valence-electron chi connectivity index (χ0n) is 9.97. The number of aromatic nitrogens is 1. The molecule has 0 aromatic carbocycles. The van der Waals surface area contributed by atoms with Crippen LogP contribution in [0.15, 0.2) is 24.5 Å². The second-order valence-electron chi connectivity index (χ2n) is 4.75. The molecule has 2 rings (SSSR count). The number of piperidine rings is 1. The van der Waals surface area contributed by atoms with Crippen LogP contribution in [0, 0.1) is 5.92 Å². The molecule has 3 nitrogen and oxygen atoms in total. The molecule has 2 atom stereocenters. The van der Waals surface area contributed by atoms with Crippen molar-refractivity contribution in [1.29, 1.82) is 0 Å². The van der Waals surface area contributed by atoms with Crippen molar-refractivity contribution in [1.82, 2.24) is 9.88 Å². The molecule has 1 aliphatic heterocycles. The van der Waals surface area contributed by atoms with Crippen LogP contribution in [0.2, 0.25) is 0 Å².